The molecule has 1 amide bonds. The fraction of sp³-hybridized carbons (Fsp3) is 0.600. The van der Waals surface area contributed by atoms with Crippen molar-refractivity contribution in [1.82, 2.24) is 4.37 Å². The summed E-state index contributed by atoms with van der Waals surface area (Å²) in [5, 5.41) is 0.793. The van der Waals surface area contributed by atoms with E-state index in [1.54, 1.807) is 0 Å². The highest BCUT2D eigenvalue weighted by Gasteiger charge is 2.20. The Bertz CT molecular complexity index is 364. The maximum absolute atomic E-state index is 11.3. The van der Waals surface area contributed by atoms with Crippen molar-refractivity contribution < 1.29 is 4.79 Å². The number of hydrogen-bond donors (Lipinski definition) is 2. The Labute approximate surface area is 99.6 Å². The van der Waals surface area contributed by atoms with Crippen molar-refractivity contribution in [2.45, 2.75) is 26.7 Å². The molecule has 0 aliphatic carbocycles. The molecule has 0 radical (unpaired) electrons. The number of anilines is 2. The van der Waals surface area contributed by atoms with Gasteiger partial charge in [0.1, 0.15) is 10.6 Å². The van der Waals surface area contributed by atoms with Gasteiger partial charge in [0.25, 0.3) is 5.91 Å². The van der Waals surface area contributed by atoms with Gasteiger partial charge >= 0.3 is 0 Å². The van der Waals surface area contributed by atoms with Crippen molar-refractivity contribution in [3.8, 4) is 0 Å². The molecule has 0 atom stereocenters. The maximum atomic E-state index is 11.3. The summed E-state index contributed by atoms with van der Waals surface area (Å²) >= 11 is 1.24. The van der Waals surface area contributed by atoms with E-state index in [1.807, 2.05) is 6.92 Å². The Morgan fingerprint density at radius 3 is 2.69 bits per heavy atom. The van der Waals surface area contributed by atoms with Crippen LogP contribution in [0.4, 0.5) is 10.8 Å². The predicted octanol–water partition coefficient (Wildman–Crippen LogP) is 1.45. The second-order valence-electron chi connectivity index (χ2n) is 3.55. The molecular formula is C10H18N4OS. The van der Waals surface area contributed by atoms with Crippen LogP contribution in [0, 0.1) is 0 Å². The van der Waals surface area contributed by atoms with Crippen molar-refractivity contribution in [1.29, 1.82) is 0 Å². The SMILES string of the molecule is CCCCN(CC)c1snc(N)c1C(N)=O. The molecule has 16 heavy (non-hydrogen) atoms. The fourth-order valence-electron chi connectivity index (χ4n) is 1.49. The first kappa shape index (κ1) is 12.8. The summed E-state index contributed by atoms with van der Waals surface area (Å²) in [6.45, 7) is 5.89. The normalized spacial score (nSPS) is 10.4. The Hall–Kier alpha value is -1.30. The first-order chi connectivity index (χ1) is 7.61. The van der Waals surface area contributed by atoms with E-state index in [-0.39, 0.29) is 5.82 Å². The van der Waals surface area contributed by atoms with Gasteiger partial charge in [-0.3, -0.25) is 4.79 Å². The van der Waals surface area contributed by atoms with Crippen LogP contribution in [0.1, 0.15) is 37.0 Å². The Morgan fingerprint density at radius 1 is 1.50 bits per heavy atom. The molecule has 1 heterocycles. The fourth-order valence-corrected chi connectivity index (χ4v) is 2.40. The minimum atomic E-state index is -0.504. The van der Waals surface area contributed by atoms with Crippen molar-refractivity contribution in [3.05, 3.63) is 5.56 Å². The molecule has 5 nitrogen and oxygen atoms in total. The number of primary amides is 1. The van der Waals surface area contributed by atoms with Gasteiger partial charge in [0.15, 0.2) is 5.82 Å². The summed E-state index contributed by atoms with van der Waals surface area (Å²) in [7, 11) is 0. The minimum Gasteiger partial charge on any atom is -0.382 e. The van der Waals surface area contributed by atoms with E-state index in [0.29, 0.717) is 5.56 Å². The van der Waals surface area contributed by atoms with Crippen molar-refractivity contribution in [3.63, 3.8) is 0 Å². The molecule has 0 saturated heterocycles. The quantitative estimate of drug-likeness (QED) is 0.790. The second kappa shape index (κ2) is 5.69. The lowest BCUT2D eigenvalue weighted by atomic mass is 10.2. The van der Waals surface area contributed by atoms with E-state index >= 15 is 0 Å². The molecule has 0 saturated carbocycles. The summed E-state index contributed by atoms with van der Waals surface area (Å²) in [4.78, 5) is 13.4. The number of nitrogens with zero attached hydrogens (tertiary/aromatic N) is 2. The lowest BCUT2D eigenvalue weighted by Gasteiger charge is -2.21. The highest BCUT2D eigenvalue weighted by atomic mass is 32.1. The van der Waals surface area contributed by atoms with Crippen LogP contribution >= 0.6 is 11.5 Å². The standard InChI is InChI=1S/C10H18N4OS/c1-3-5-6-14(4-2)10-7(9(12)15)8(11)13-16-10/h3-6H2,1-2H3,(H2,11,13)(H2,12,15). The maximum Gasteiger partial charge on any atom is 0.255 e. The van der Waals surface area contributed by atoms with Crippen molar-refractivity contribution in [2.24, 2.45) is 5.73 Å². The summed E-state index contributed by atoms with van der Waals surface area (Å²) in [6.07, 6.45) is 2.18. The molecule has 0 bridgehead atoms. The van der Waals surface area contributed by atoms with Gasteiger partial charge in [-0.05, 0) is 24.9 Å². The topological polar surface area (TPSA) is 85.2 Å². The van der Waals surface area contributed by atoms with E-state index in [9.17, 15) is 4.79 Å². The van der Waals surface area contributed by atoms with Crippen LogP contribution in [0.3, 0.4) is 0 Å². The molecule has 1 aromatic rings. The number of carbonyl (C=O) groups is 1. The van der Waals surface area contributed by atoms with Gasteiger partial charge in [0.2, 0.25) is 0 Å². The third-order valence-electron chi connectivity index (χ3n) is 2.40. The molecule has 6 heteroatoms. The minimum absolute atomic E-state index is 0.238. The molecular weight excluding hydrogens is 224 g/mol. The highest BCUT2D eigenvalue weighted by Crippen LogP contribution is 2.30. The zero-order valence-corrected chi connectivity index (χ0v) is 10.5. The Balaban J connectivity index is 2.96. The van der Waals surface area contributed by atoms with E-state index < -0.39 is 5.91 Å². The van der Waals surface area contributed by atoms with Gasteiger partial charge < -0.3 is 16.4 Å². The third kappa shape index (κ3) is 2.63. The average molecular weight is 242 g/mol. The number of nitrogens with two attached hydrogens (primary N) is 2. The van der Waals surface area contributed by atoms with Crippen LogP contribution in [0.15, 0.2) is 0 Å². The number of rotatable bonds is 6. The first-order valence-electron chi connectivity index (χ1n) is 5.41. The molecule has 0 fully saturated rings. The summed E-state index contributed by atoms with van der Waals surface area (Å²) < 4.78 is 3.99. The molecule has 90 valence electrons. The van der Waals surface area contributed by atoms with Gasteiger partial charge in [-0.2, -0.15) is 4.37 Å². The van der Waals surface area contributed by atoms with Crippen molar-refractivity contribution in [2.75, 3.05) is 23.7 Å². The molecule has 1 rings (SSSR count). The predicted molar refractivity (Wildman–Crippen MR) is 67.8 cm³/mol. The molecule has 1 aromatic heterocycles. The zero-order chi connectivity index (χ0) is 12.1. The van der Waals surface area contributed by atoms with E-state index in [4.69, 9.17) is 11.5 Å². The number of carbonyl (C=O) groups excluding carboxylic acids is 1. The largest absolute Gasteiger partial charge is 0.382 e. The van der Waals surface area contributed by atoms with Crippen LogP contribution in [0.25, 0.3) is 0 Å². The zero-order valence-electron chi connectivity index (χ0n) is 9.69. The summed E-state index contributed by atoms with van der Waals surface area (Å²) in [5.74, 6) is -0.265. The van der Waals surface area contributed by atoms with Crippen LogP contribution in [0.2, 0.25) is 0 Å². The Kier molecular flexibility index (Phi) is 4.54. The van der Waals surface area contributed by atoms with Gasteiger partial charge in [0.05, 0.1) is 0 Å². The number of aromatic nitrogens is 1. The smallest absolute Gasteiger partial charge is 0.255 e. The first-order valence-corrected chi connectivity index (χ1v) is 6.19. The second-order valence-corrected chi connectivity index (χ2v) is 4.30. The van der Waals surface area contributed by atoms with Crippen LogP contribution in [-0.4, -0.2) is 23.4 Å². The van der Waals surface area contributed by atoms with Crippen LogP contribution < -0.4 is 16.4 Å². The number of hydrogen-bond acceptors (Lipinski definition) is 5. The number of unbranched alkanes of at least 4 members (excludes halogenated alkanes) is 1. The lowest BCUT2D eigenvalue weighted by molar-refractivity contribution is 0.100. The van der Waals surface area contributed by atoms with Gasteiger partial charge in [-0.1, -0.05) is 13.3 Å². The molecule has 0 spiro atoms. The Morgan fingerprint density at radius 2 is 2.19 bits per heavy atom. The third-order valence-corrected chi connectivity index (χ3v) is 3.32. The molecule has 0 aliphatic rings. The number of amides is 1. The average Bonchev–Trinajstić information content (AvgIpc) is 2.62. The van der Waals surface area contributed by atoms with Crippen molar-refractivity contribution >= 4 is 28.3 Å². The van der Waals surface area contributed by atoms with E-state index in [0.717, 1.165) is 30.9 Å². The van der Waals surface area contributed by atoms with E-state index in [2.05, 4.69) is 16.2 Å². The highest BCUT2D eigenvalue weighted by molar-refractivity contribution is 7.11. The molecule has 0 aliphatic heterocycles. The monoisotopic (exact) mass is 242 g/mol. The van der Waals surface area contributed by atoms with E-state index in [1.165, 1.54) is 11.5 Å². The summed E-state index contributed by atoms with van der Waals surface area (Å²) in [6, 6.07) is 0. The summed E-state index contributed by atoms with van der Waals surface area (Å²) in [5.41, 5.74) is 11.3. The van der Waals surface area contributed by atoms with Gasteiger partial charge in [-0.15, -0.1) is 0 Å². The lowest BCUT2D eigenvalue weighted by Crippen LogP contribution is -2.26. The molecule has 4 N–H and O–H groups in total. The van der Waals surface area contributed by atoms with Gasteiger partial charge in [0, 0.05) is 13.1 Å². The van der Waals surface area contributed by atoms with Gasteiger partial charge in [-0.25, -0.2) is 0 Å². The number of nitrogen functional groups attached to an aromatic ring is 1. The molecule has 0 unspecified atom stereocenters. The van der Waals surface area contributed by atoms with Crippen LogP contribution in [-0.2, 0) is 0 Å². The molecule has 0 aromatic carbocycles. The van der Waals surface area contributed by atoms with Crippen LogP contribution in [0.5, 0.6) is 0 Å².